The van der Waals surface area contributed by atoms with Gasteiger partial charge in [-0.25, -0.2) is 0 Å². The molecule has 0 aromatic heterocycles. The van der Waals surface area contributed by atoms with Crippen LogP contribution in [0.5, 0.6) is 5.75 Å². The second kappa shape index (κ2) is 8.10. The predicted molar refractivity (Wildman–Crippen MR) is 81.8 cm³/mol. The summed E-state index contributed by atoms with van der Waals surface area (Å²) < 4.78 is 28.5. The largest absolute Gasteiger partial charge is 0.433 e. The highest BCUT2D eigenvalue weighted by molar-refractivity contribution is 6.32. The van der Waals surface area contributed by atoms with Crippen LogP contribution in [0, 0.1) is 0 Å². The zero-order valence-electron chi connectivity index (χ0n) is 12.4. The summed E-state index contributed by atoms with van der Waals surface area (Å²) in [5, 5.41) is 2.56. The Hall–Kier alpha value is -1.89. The Morgan fingerprint density at radius 1 is 1.35 bits per heavy atom. The third-order valence-corrected chi connectivity index (χ3v) is 3.73. The molecule has 1 fully saturated rings. The third kappa shape index (κ3) is 5.35. The van der Waals surface area contributed by atoms with Gasteiger partial charge in [0.05, 0.1) is 11.6 Å². The monoisotopic (exact) mass is 346 g/mol. The number of carbonyl (C=O) groups excluding carboxylic acids is 2. The highest BCUT2D eigenvalue weighted by Gasteiger charge is 2.19. The van der Waals surface area contributed by atoms with E-state index in [0.717, 1.165) is 19.3 Å². The molecule has 2 rings (SSSR count). The first-order chi connectivity index (χ1) is 11.0. The first-order valence-electron chi connectivity index (χ1n) is 7.27. The first kappa shape index (κ1) is 17.5. The van der Waals surface area contributed by atoms with E-state index in [1.807, 2.05) is 0 Å². The summed E-state index contributed by atoms with van der Waals surface area (Å²) in [6, 6.07) is 3.98. The van der Waals surface area contributed by atoms with Gasteiger partial charge in [0.25, 0.3) is 0 Å². The number of carbonyl (C=O) groups is 2. The van der Waals surface area contributed by atoms with Crippen LogP contribution < -0.4 is 10.1 Å². The van der Waals surface area contributed by atoms with Gasteiger partial charge in [-0.2, -0.15) is 8.78 Å². The SMILES string of the molecule is O=C(CN1CCCCCC1=O)Nc1ccc(OC(F)F)c(Cl)c1. The average molecular weight is 347 g/mol. The van der Waals surface area contributed by atoms with E-state index in [9.17, 15) is 18.4 Å². The molecule has 0 unspecified atom stereocenters. The molecule has 1 heterocycles. The van der Waals surface area contributed by atoms with Crippen molar-refractivity contribution in [3.05, 3.63) is 23.2 Å². The Labute approximate surface area is 137 Å². The summed E-state index contributed by atoms with van der Waals surface area (Å²) in [4.78, 5) is 25.4. The topological polar surface area (TPSA) is 58.6 Å². The van der Waals surface area contributed by atoms with E-state index in [-0.39, 0.29) is 29.1 Å². The molecule has 23 heavy (non-hydrogen) atoms. The van der Waals surface area contributed by atoms with Gasteiger partial charge in [-0.1, -0.05) is 18.0 Å². The standard InChI is InChI=1S/C15H17ClF2N2O3/c16-11-8-10(5-6-12(11)23-15(17)18)19-13(21)9-20-7-3-1-2-4-14(20)22/h5-6,8,15H,1-4,7,9H2,(H,19,21). The lowest BCUT2D eigenvalue weighted by Gasteiger charge is -2.19. The van der Waals surface area contributed by atoms with Gasteiger partial charge in [-0.3, -0.25) is 9.59 Å². The second-order valence-corrected chi connectivity index (χ2v) is 5.61. The third-order valence-electron chi connectivity index (χ3n) is 3.44. The van der Waals surface area contributed by atoms with Gasteiger partial charge in [0.1, 0.15) is 5.75 Å². The van der Waals surface area contributed by atoms with Crippen molar-refractivity contribution in [3.63, 3.8) is 0 Å². The van der Waals surface area contributed by atoms with Crippen LogP contribution in [0.25, 0.3) is 0 Å². The number of anilines is 1. The van der Waals surface area contributed by atoms with Gasteiger partial charge in [-0.05, 0) is 31.0 Å². The number of ether oxygens (including phenoxy) is 1. The number of alkyl halides is 2. The molecule has 0 spiro atoms. The van der Waals surface area contributed by atoms with Crippen LogP contribution in [0.3, 0.4) is 0 Å². The Kier molecular flexibility index (Phi) is 6.15. The van der Waals surface area contributed by atoms with E-state index in [1.165, 1.54) is 23.1 Å². The number of nitrogens with one attached hydrogen (secondary N) is 1. The molecule has 1 aromatic carbocycles. The van der Waals surface area contributed by atoms with Crippen molar-refractivity contribution >= 4 is 29.1 Å². The molecule has 5 nitrogen and oxygen atoms in total. The van der Waals surface area contributed by atoms with E-state index in [2.05, 4.69) is 10.1 Å². The number of nitrogens with zero attached hydrogens (tertiary/aromatic N) is 1. The molecule has 0 aliphatic carbocycles. The maximum absolute atomic E-state index is 12.2. The quantitative estimate of drug-likeness (QED) is 0.890. The van der Waals surface area contributed by atoms with Crippen LogP contribution in [0.15, 0.2) is 18.2 Å². The molecule has 0 saturated carbocycles. The molecule has 0 atom stereocenters. The van der Waals surface area contributed by atoms with Gasteiger partial charge in [0, 0.05) is 18.7 Å². The van der Waals surface area contributed by atoms with E-state index < -0.39 is 6.61 Å². The molecule has 2 amide bonds. The summed E-state index contributed by atoms with van der Waals surface area (Å²) in [7, 11) is 0. The Bertz CT molecular complexity index is 584. The molecule has 0 bridgehead atoms. The number of hydrogen-bond acceptors (Lipinski definition) is 3. The van der Waals surface area contributed by atoms with E-state index >= 15 is 0 Å². The Morgan fingerprint density at radius 2 is 2.13 bits per heavy atom. The average Bonchev–Trinajstić information content (AvgIpc) is 2.67. The molecule has 0 radical (unpaired) electrons. The molecular weight excluding hydrogens is 330 g/mol. The van der Waals surface area contributed by atoms with Crippen LogP contribution in [-0.4, -0.2) is 36.4 Å². The van der Waals surface area contributed by atoms with Gasteiger partial charge >= 0.3 is 6.61 Å². The molecular formula is C15H17ClF2N2O3. The lowest BCUT2D eigenvalue weighted by atomic mass is 10.2. The van der Waals surface area contributed by atoms with Crippen molar-refractivity contribution in [1.82, 2.24) is 4.90 Å². The minimum atomic E-state index is -2.97. The maximum atomic E-state index is 12.2. The first-order valence-corrected chi connectivity index (χ1v) is 7.65. The zero-order chi connectivity index (χ0) is 16.8. The van der Waals surface area contributed by atoms with E-state index in [1.54, 1.807) is 0 Å². The van der Waals surface area contributed by atoms with E-state index in [4.69, 9.17) is 11.6 Å². The van der Waals surface area contributed by atoms with Crippen molar-refractivity contribution < 1.29 is 23.1 Å². The normalized spacial score (nSPS) is 15.5. The van der Waals surface area contributed by atoms with Crippen molar-refractivity contribution in [2.24, 2.45) is 0 Å². The minimum absolute atomic E-state index is 0.0311. The number of amides is 2. The van der Waals surface area contributed by atoms with Crippen LogP contribution >= 0.6 is 11.6 Å². The molecule has 1 saturated heterocycles. The fraction of sp³-hybridized carbons (Fsp3) is 0.467. The minimum Gasteiger partial charge on any atom is -0.433 e. The lowest BCUT2D eigenvalue weighted by molar-refractivity contribution is -0.134. The van der Waals surface area contributed by atoms with Crippen molar-refractivity contribution in [1.29, 1.82) is 0 Å². The highest BCUT2D eigenvalue weighted by Crippen LogP contribution is 2.28. The zero-order valence-corrected chi connectivity index (χ0v) is 13.1. The van der Waals surface area contributed by atoms with Crippen LogP contribution in [-0.2, 0) is 9.59 Å². The number of rotatable bonds is 5. The number of benzene rings is 1. The number of likely N-dealkylation sites (tertiary alicyclic amines) is 1. The molecule has 126 valence electrons. The van der Waals surface area contributed by atoms with Crippen molar-refractivity contribution in [2.45, 2.75) is 32.3 Å². The molecule has 1 aliphatic rings. The van der Waals surface area contributed by atoms with Gasteiger partial charge in [-0.15, -0.1) is 0 Å². The fourth-order valence-electron chi connectivity index (χ4n) is 2.35. The van der Waals surface area contributed by atoms with Gasteiger partial charge in [0.2, 0.25) is 11.8 Å². The summed E-state index contributed by atoms with van der Waals surface area (Å²) >= 11 is 5.82. The van der Waals surface area contributed by atoms with Crippen LogP contribution in [0.1, 0.15) is 25.7 Å². The number of hydrogen-bond donors (Lipinski definition) is 1. The number of halogens is 3. The fourth-order valence-corrected chi connectivity index (χ4v) is 2.57. The van der Waals surface area contributed by atoms with Gasteiger partial charge < -0.3 is 15.0 Å². The lowest BCUT2D eigenvalue weighted by Crippen LogP contribution is -2.37. The molecule has 8 heteroatoms. The predicted octanol–water partition coefficient (Wildman–Crippen LogP) is 3.28. The molecule has 1 aliphatic heterocycles. The Balaban J connectivity index is 1.94. The Morgan fingerprint density at radius 3 is 2.83 bits per heavy atom. The maximum Gasteiger partial charge on any atom is 0.387 e. The van der Waals surface area contributed by atoms with Gasteiger partial charge in [0.15, 0.2) is 0 Å². The highest BCUT2D eigenvalue weighted by atomic mass is 35.5. The van der Waals surface area contributed by atoms with Crippen LogP contribution in [0.4, 0.5) is 14.5 Å². The van der Waals surface area contributed by atoms with Crippen molar-refractivity contribution in [3.8, 4) is 5.75 Å². The van der Waals surface area contributed by atoms with E-state index in [0.29, 0.717) is 18.7 Å². The summed E-state index contributed by atoms with van der Waals surface area (Å²) in [5.41, 5.74) is 0.351. The molecule has 1 aromatic rings. The van der Waals surface area contributed by atoms with Crippen LogP contribution in [0.2, 0.25) is 5.02 Å². The second-order valence-electron chi connectivity index (χ2n) is 5.20. The summed E-state index contributed by atoms with van der Waals surface area (Å²) in [6.45, 7) is -2.44. The van der Waals surface area contributed by atoms with Crippen molar-refractivity contribution in [2.75, 3.05) is 18.4 Å². The summed E-state index contributed by atoms with van der Waals surface area (Å²) in [5.74, 6) is -0.558. The summed E-state index contributed by atoms with van der Waals surface area (Å²) in [6.07, 6.45) is 3.16. The smallest absolute Gasteiger partial charge is 0.387 e. The molecule has 1 N–H and O–H groups in total.